The Kier molecular flexibility index (Phi) is 2.10. The summed E-state index contributed by atoms with van der Waals surface area (Å²) in [6.45, 7) is 0. The van der Waals surface area contributed by atoms with E-state index in [0.29, 0.717) is 0 Å². The van der Waals surface area contributed by atoms with Gasteiger partial charge in [-0.15, -0.1) is 0 Å². The molecule has 1 aromatic rings. The number of nitrogens with two attached hydrogens (primary N) is 1. The third-order valence-electron chi connectivity index (χ3n) is 1.30. The van der Waals surface area contributed by atoms with E-state index < -0.39 is 11.7 Å². The predicted octanol–water partition coefficient (Wildman–Crippen LogP) is 1.67. The van der Waals surface area contributed by atoms with E-state index in [1.54, 1.807) is 0 Å². The number of aromatic nitrogens is 1. The lowest BCUT2D eigenvalue weighted by atomic mass is 10.2. The first-order chi connectivity index (χ1) is 5.43. The van der Waals surface area contributed by atoms with Gasteiger partial charge in [-0.05, 0) is 6.07 Å². The maximum atomic E-state index is 12.1. The number of thiocarbonyl (C=S) groups is 1. The molecular weight excluding hydrogens is 189 g/mol. The number of H-pyrrole nitrogens is 1. The van der Waals surface area contributed by atoms with Gasteiger partial charge in [0.2, 0.25) is 0 Å². The van der Waals surface area contributed by atoms with Crippen LogP contribution in [-0.4, -0.2) is 9.97 Å². The van der Waals surface area contributed by atoms with Crippen molar-refractivity contribution >= 4 is 17.2 Å². The monoisotopic (exact) mass is 194 g/mol. The van der Waals surface area contributed by atoms with Crippen molar-refractivity contribution in [3.63, 3.8) is 0 Å². The van der Waals surface area contributed by atoms with Crippen LogP contribution in [0.5, 0.6) is 0 Å². The van der Waals surface area contributed by atoms with Crippen molar-refractivity contribution in [2.75, 3.05) is 0 Å². The topological polar surface area (TPSA) is 41.8 Å². The Bertz CT molecular complexity index is 302. The summed E-state index contributed by atoms with van der Waals surface area (Å²) in [4.78, 5) is 2.04. The van der Waals surface area contributed by atoms with Crippen LogP contribution < -0.4 is 5.73 Å². The highest BCUT2D eigenvalue weighted by atomic mass is 32.1. The van der Waals surface area contributed by atoms with E-state index in [9.17, 15) is 13.2 Å². The minimum absolute atomic E-state index is 0.238. The largest absolute Gasteiger partial charge is 0.418 e. The highest BCUT2D eigenvalue weighted by Crippen LogP contribution is 2.31. The van der Waals surface area contributed by atoms with Crippen molar-refractivity contribution in [3.05, 3.63) is 23.5 Å². The van der Waals surface area contributed by atoms with Crippen LogP contribution in [0.1, 0.15) is 11.3 Å². The Morgan fingerprint density at radius 3 is 2.42 bits per heavy atom. The Labute approximate surface area is 71.6 Å². The molecule has 66 valence electrons. The summed E-state index contributed by atoms with van der Waals surface area (Å²) in [5.74, 6) is 0. The Balaban J connectivity index is 3.17. The summed E-state index contributed by atoms with van der Waals surface area (Å²) in [6.07, 6.45) is -3.25. The lowest BCUT2D eigenvalue weighted by molar-refractivity contribution is -0.137. The van der Waals surface area contributed by atoms with E-state index in [4.69, 9.17) is 5.73 Å². The van der Waals surface area contributed by atoms with Gasteiger partial charge < -0.3 is 10.7 Å². The number of nitrogens with one attached hydrogen (secondary N) is 1. The smallest absolute Gasteiger partial charge is 0.388 e. The van der Waals surface area contributed by atoms with Crippen LogP contribution in [0.4, 0.5) is 13.2 Å². The second-order valence-electron chi connectivity index (χ2n) is 2.13. The molecular formula is C6H5F3N2S. The molecule has 0 unspecified atom stereocenters. The molecule has 0 aliphatic heterocycles. The molecule has 0 aliphatic carbocycles. The second-order valence-corrected chi connectivity index (χ2v) is 2.57. The highest BCUT2D eigenvalue weighted by molar-refractivity contribution is 7.80. The molecule has 0 saturated heterocycles. The molecule has 0 aromatic carbocycles. The second kappa shape index (κ2) is 2.78. The molecule has 0 fully saturated rings. The average Bonchev–Trinajstić information content (AvgIpc) is 2.30. The van der Waals surface area contributed by atoms with Crippen LogP contribution in [0.2, 0.25) is 0 Å². The molecule has 2 nitrogen and oxygen atoms in total. The lowest BCUT2D eigenvalue weighted by Crippen LogP contribution is -2.16. The first-order valence-electron chi connectivity index (χ1n) is 2.97. The minimum Gasteiger partial charge on any atom is -0.388 e. The predicted molar refractivity (Wildman–Crippen MR) is 41.7 cm³/mol. The fraction of sp³-hybridized carbons (Fsp3) is 0.167. The van der Waals surface area contributed by atoms with Gasteiger partial charge in [-0.1, -0.05) is 12.2 Å². The van der Waals surface area contributed by atoms with Crippen LogP contribution in [0, 0.1) is 0 Å². The van der Waals surface area contributed by atoms with Crippen molar-refractivity contribution in [3.8, 4) is 0 Å². The molecule has 0 amide bonds. The standard InChI is InChI=1S/C6H5F3N2S/c7-6(8,9)3-1-2-11-4(3)5(10)12/h1-2,11H,(H2,10,12). The Morgan fingerprint density at radius 2 is 2.08 bits per heavy atom. The van der Waals surface area contributed by atoms with Gasteiger partial charge in [-0.25, -0.2) is 0 Å². The SMILES string of the molecule is NC(=S)c1[nH]ccc1C(F)(F)F. The zero-order valence-corrected chi connectivity index (χ0v) is 6.59. The molecule has 0 saturated carbocycles. The van der Waals surface area contributed by atoms with Gasteiger partial charge >= 0.3 is 6.18 Å². The number of hydrogen-bond donors (Lipinski definition) is 2. The average molecular weight is 194 g/mol. The molecule has 0 atom stereocenters. The number of rotatable bonds is 1. The zero-order valence-electron chi connectivity index (χ0n) is 5.77. The molecule has 0 spiro atoms. The van der Waals surface area contributed by atoms with E-state index >= 15 is 0 Å². The van der Waals surface area contributed by atoms with E-state index in [2.05, 4.69) is 17.2 Å². The Morgan fingerprint density at radius 1 is 1.50 bits per heavy atom. The van der Waals surface area contributed by atoms with E-state index in [1.807, 2.05) is 0 Å². The molecule has 12 heavy (non-hydrogen) atoms. The third kappa shape index (κ3) is 1.58. The highest BCUT2D eigenvalue weighted by Gasteiger charge is 2.34. The van der Waals surface area contributed by atoms with E-state index in [0.717, 1.165) is 12.3 Å². The fourth-order valence-electron chi connectivity index (χ4n) is 0.810. The van der Waals surface area contributed by atoms with Gasteiger partial charge in [0.25, 0.3) is 0 Å². The molecule has 0 aliphatic rings. The summed E-state index contributed by atoms with van der Waals surface area (Å²) in [5, 5.41) is 0. The first-order valence-corrected chi connectivity index (χ1v) is 3.38. The maximum absolute atomic E-state index is 12.1. The van der Waals surface area contributed by atoms with Crippen LogP contribution in [-0.2, 0) is 6.18 Å². The zero-order chi connectivity index (χ0) is 9.35. The van der Waals surface area contributed by atoms with Crippen molar-refractivity contribution in [1.82, 2.24) is 4.98 Å². The molecule has 1 aromatic heterocycles. The molecule has 0 radical (unpaired) electrons. The summed E-state index contributed by atoms with van der Waals surface area (Å²) < 4.78 is 36.3. The van der Waals surface area contributed by atoms with Crippen LogP contribution in [0.25, 0.3) is 0 Å². The molecule has 3 N–H and O–H groups in total. The molecule has 6 heteroatoms. The van der Waals surface area contributed by atoms with Gasteiger partial charge in [0.05, 0.1) is 11.3 Å². The van der Waals surface area contributed by atoms with Gasteiger partial charge in [0.1, 0.15) is 4.99 Å². The van der Waals surface area contributed by atoms with E-state index in [-0.39, 0.29) is 10.7 Å². The quantitative estimate of drug-likeness (QED) is 0.668. The number of aromatic amines is 1. The maximum Gasteiger partial charge on any atom is 0.418 e. The van der Waals surface area contributed by atoms with Gasteiger partial charge in [0, 0.05) is 6.20 Å². The lowest BCUT2D eigenvalue weighted by Gasteiger charge is -2.05. The normalized spacial score (nSPS) is 11.6. The van der Waals surface area contributed by atoms with Crippen molar-refractivity contribution in [2.45, 2.75) is 6.18 Å². The third-order valence-corrected chi connectivity index (χ3v) is 1.50. The molecule has 1 rings (SSSR count). The summed E-state index contributed by atoms with van der Waals surface area (Å²) in [7, 11) is 0. The summed E-state index contributed by atoms with van der Waals surface area (Å²) in [6, 6.07) is 0.897. The summed E-state index contributed by atoms with van der Waals surface area (Å²) >= 11 is 4.42. The minimum atomic E-state index is -4.40. The van der Waals surface area contributed by atoms with Crippen LogP contribution >= 0.6 is 12.2 Å². The van der Waals surface area contributed by atoms with Gasteiger partial charge in [0.15, 0.2) is 0 Å². The molecule has 1 heterocycles. The van der Waals surface area contributed by atoms with Crippen molar-refractivity contribution in [1.29, 1.82) is 0 Å². The van der Waals surface area contributed by atoms with Gasteiger partial charge in [-0.3, -0.25) is 0 Å². The van der Waals surface area contributed by atoms with Crippen LogP contribution in [0.3, 0.4) is 0 Å². The fourth-order valence-corrected chi connectivity index (χ4v) is 0.978. The first kappa shape index (κ1) is 9.05. The summed E-state index contributed by atoms with van der Waals surface area (Å²) in [5.41, 5.74) is 3.99. The van der Waals surface area contributed by atoms with Crippen molar-refractivity contribution in [2.24, 2.45) is 5.73 Å². The van der Waals surface area contributed by atoms with Crippen LogP contribution in [0.15, 0.2) is 12.3 Å². The van der Waals surface area contributed by atoms with E-state index in [1.165, 1.54) is 0 Å². The Hall–Kier alpha value is -1.04. The van der Waals surface area contributed by atoms with Crippen molar-refractivity contribution < 1.29 is 13.2 Å². The number of hydrogen-bond acceptors (Lipinski definition) is 1. The number of alkyl halides is 3. The number of halogens is 3. The molecule has 0 bridgehead atoms. The van der Waals surface area contributed by atoms with Gasteiger partial charge in [-0.2, -0.15) is 13.2 Å².